The molecule has 1 fully saturated rings. The molecule has 0 radical (unpaired) electrons. The molecule has 2 heterocycles. The number of nitrogens with zero attached hydrogens (tertiary/aromatic N) is 3. The summed E-state index contributed by atoms with van der Waals surface area (Å²) in [5, 5.41) is 0.407. The van der Waals surface area contributed by atoms with Crippen LogP contribution in [0.25, 0.3) is 0 Å². The van der Waals surface area contributed by atoms with Gasteiger partial charge in [0.15, 0.2) is 5.69 Å². The first-order chi connectivity index (χ1) is 16.3. The average molecular weight is 482 g/mol. The zero-order chi connectivity index (χ0) is 24.4. The zero-order valence-electron chi connectivity index (χ0n) is 18.5. The van der Waals surface area contributed by atoms with Crippen LogP contribution in [0.4, 0.5) is 17.2 Å². The lowest BCUT2D eigenvalue weighted by Gasteiger charge is -2.26. The number of aromatic amines is 1. The smallest absolute Gasteiger partial charge is 0.330 e. The quantitative estimate of drug-likeness (QED) is 0.559. The van der Waals surface area contributed by atoms with Crippen LogP contribution in [0, 0.1) is 5.92 Å². The summed E-state index contributed by atoms with van der Waals surface area (Å²) < 4.78 is 1.22. The molecule has 1 aliphatic heterocycles. The molecule has 1 unspecified atom stereocenters. The lowest BCUT2D eigenvalue weighted by Crippen LogP contribution is -2.44. The highest BCUT2D eigenvalue weighted by molar-refractivity contribution is 6.34. The molecule has 0 aliphatic carbocycles. The Morgan fingerprint density at radius 1 is 1.12 bits per heavy atom. The monoisotopic (exact) mass is 481 g/mol. The largest absolute Gasteiger partial charge is 0.383 e. The lowest BCUT2D eigenvalue weighted by atomic mass is 10.1. The van der Waals surface area contributed by atoms with E-state index in [0.29, 0.717) is 10.7 Å². The van der Waals surface area contributed by atoms with Crippen molar-refractivity contribution in [1.29, 1.82) is 0 Å². The third-order valence-electron chi connectivity index (χ3n) is 5.87. The van der Waals surface area contributed by atoms with E-state index in [4.69, 9.17) is 17.3 Å². The van der Waals surface area contributed by atoms with E-state index >= 15 is 0 Å². The molecule has 1 aromatic heterocycles. The minimum Gasteiger partial charge on any atom is -0.383 e. The molecule has 34 heavy (non-hydrogen) atoms. The first-order valence-corrected chi connectivity index (χ1v) is 11.2. The van der Waals surface area contributed by atoms with E-state index in [9.17, 15) is 19.2 Å². The molecule has 1 aliphatic rings. The zero-order valence-corrected chi connectivity index (χ0v) is 19.3. The number of hydrogen-bond donors (Lipinski definition) is 2. The van der Waals surface area contributed by atoms with E-state index in [1.54, 1.807) is 31.2 Å². The van der Waals surface area contributed by atoms with Gasteiger partial charge in [-0.05, 0) is 24.6 Å². The Morgan fingerprint density at radius 2 is 1.79 bits per heavy atom. The first-order valence-electron chi connectivity index (χ1n) is 10.8. The molecule has 4 rings (SSSR count). The van der Waals surface area contributed by atoms with E-state index in [1.165, 1.54) is 14.4 Å². The Balaban J connectivity index is 1.66. The fraction of sp³-hybridized carbons (Fsp3) is 0.250. The molecule has 0 saturated carbocycles. The number of aromatic nitrogens is 2. The second-order valence-corrected chi connectivity index (χ2v) is 8.41. The molecular weight excluding hydrogens is 458 g/mol. The molecule has 2 amide bonds. The van der Waals surface area contributed by atoms with Crippen LogP contribution in [0.2, 0.25) is 5.02 Å². The molecule has 9 nitrogen and oxygen atoms in total. The van der Waals surface area contributed by atoms with Gasteiger partial charge >= 0.3 is 5.69 Å². The Bertz CT molecular complexity index is 1350. The van der Waals surface area contributed by atoms with E-state index in [0.717, 1.165) is 5.56 Å². The number of anilines is 3. The normalized spacial score (nSPS) is 15.5. The van der Waals surface area contributed by atoms with Crippen LogP contribution in [-0.4, -0.2) is 34.5 Å². The van der Waals surface area contributed by atoms with E-state index in [2.05, 4.69) is 4.98 Å². The van der Waals surface area contributed by atoms with Gasteiger partial charge in [-0.2, -0.15) is 0 Å². The van der Waals surface area contributed by atoms with E-state index < -0.39 is 23.1 Å². The molecule has 1 saturated heterocycles. The third kappa shape index (κ3) is 4.34. The maximum Gasteiger partial charge on any atom is 0.330 e. The van der Waals surface area contributed by atoms with E-state index in [-0.39, 0.29) is 43.5 Å². The highest BCUT2D eigenvalue weighted by Gasteiger charge is 2.39. The number of rotatable bonds is 6. The summed E-state index contributed by atoms with van der Waals surface area (Å²) in [6.45, 7) is 2.08. The number of nitrogens with one attached hydrogen (secondary N) is 1. The van der Waals surface area contributed by atoms with Crippen molar-refractivity contribution in [3.05, 3.63) is 86.0 Å². The predicted octanol–water partition coefficient (Wildman–Crippen LogP) is 2.23. The van der Waals surface area contributed by atoms with Crippen LogP contribution in [-0.2, 0) is 16.1 Å². The fourth-order valence-electron chi connectivity index (χ4n) is 4.18. The highest BCUT2D eigenvalue weighted by Crippen LogP contribution is 2.32. The number of para-hydroxylation sites is 1. The standard InChI is InChI=1S/C24H24ClN5O4/c1-2-28(23(33)16-12-19(31)29(14-16)18-11-7-6-10-17(18)25)20-21(26)30(24(34)27-22(20)32)13-15-8-4-3-5-9-15/h3-11,16H,2,12-14,26H2,1H3,(H,27,32,34). The lowest BCUT2D eigenvalue weighted by molar-refractivity contribution is -0.124. The van der Waals surface area contributed by atoms with Crippen LogP contribution in [0.3, 0.4) is 0 Å². The summed E-state index contributed by atoms with van der Waals surface area (Å²) in [5.74, 6) is -1.47. The van der Waals surface area contributed by atoms with Crippen molar-refractivity contribution in [3.63, 3.8) is 0 Å². The van der Waals surface area contributed by atoms with Gasteiger partial charge in [0.1, 0.15) is 5.82 Å². The Kier molecular flexibility index (Phi) is 6.56. The summed E-state index contributed by atoms with van der Waals surface area (Å²) in [7, 11) is 0. The Labute approximate surface area is 200 Å². The highest BCUT2D eigenvalue weighted by atomic mass is 35.5. The predicted molar refractivity (Wildman–Crippen MR) is 131 cm³/mol. The molecule has 1 atom stereocenters. The number of benzene rings is 2. The SMILES string of the molecule is CCN(C(=O)C1CC(=O)N(c2ccccc2Cl)C1)c1c(N)n(Cc2ccccc2)c(=O)[nH]c1=O. The average Bonchev–Trinajstić information content (AvgIpc) is 3.21. The molecule has 3 N–H and O–H groups in total. The van der Waals surface area contributed by atoms with E-state index in [1.807, 2.05) is 30.3 Å². The molecule has 176 valence electrons. The second kappa shape index (κ2) is 9.56. The second-order valence-electron chi connectivity index (χ2n) is 8.00. The Morgan fingerprint density at radius 3 is 2.47 bits per heavy atom. The van der Waals surface area contributed by atoms with Gasteiger partial charge in [-0.3, -0.25) is 23.9 Å². The summed E-state index contributed by atoms with van der Waals surface area (Å²) in [6.07, 6.45) is -0.0258. The van der Waals surface area contributed by atoms with Crippen molar-refractivity contribution in [2.45, 2.75) is 19.9 Å². The maximum absolute atomic E-state index is 13.5. The molecule has 0 bridgehead atoms. The first kappa shape index (κ1) is 23.3. The van der Waals surface area contributed by atoms with Gasteiger partial charge in [-0.15, -0.1) is 0 Å². The molecule has 2 aromatic carbocycles. The van der Waals surface area contributed by atoms with Crippen molar-refractivity contribution >= 4 is 40.6 Å². The van der Waals surface area contributed by atoms with Gasteiger partial charge in [0, 0.05) is 19.5 Å². The van der Waals surface area contributed by atoms with Gasteiger partial charge in [0.05, 0.1) is 23.2 Å². The van der Waals surface area contributed by atoms with Crippen LogP contribution in [0.5, 0.6) is 0 Å². The van der Waals surface area contributed by atoms with Crippen molar-refractivity contribution in [2.24, 2.45) is 5.92 Å². The van der Waals surface area contributed by atoms with Crippen LogP contribution in [0.1, 0.15) is 18.9 Å². The number of nitrogen functional groups attached to an aromatic ring is 1. The third-order valence-corrected chi connectivity index (χ3v) is 6.19. The maximum atomic E-state index is 13.5. The van der Waals surface area contributed by atoms with Crippen LogP contribution >= 0.6 is 11.6 Å². The topological polar surface area (TPSA) is 121 Å². The summed E-state index contributed by atoms with van der Waals surface area (Å²) in [4.78, 5) is 56.4. The number of carbonyl (C=O) groups excluding carboxylic acids is 2. The van der Waals surface area contributed by atoms with Gasteiger partial charge in [0.2, 0.25) is 11.8 Å². The molecular formula is C24H24ClN5O4. The summed E-state index contributed by atoms with van der Waals surface area (Å²) in [5.41, 5.74) is 6.07. The number of nitrogens with two attached hydrogens (primary N) is 1. The van der Waals surface area contributed by atoms with Crippen LogP contribution in [0.15, 0.2) is 64.2 Å². The minimum absolute atomic E-state index is 0.0258. The number of hydrogen-bond acceptors (Lipinski definition) is 5. The van der Waals surface area contributed by atoms with Crippen molar-refractivity contribution < 1.29 is 9.59 Å². The van der Waals surface area contributed by atoms with Crippen molar-refractivity contribution in [2.75, 3.05) is 28.6 Å². The number of halogens is 1. The summed E-state index contributed by atoms with van der Waals surface area (Å²) in [6, 6.07) is 16.1. The minimum atomic E-state index is -0.755. The van der Waals surface area contributed by atoms with Gasteiger partial charge < -0.3 is 15.5 Å². The van der Waals surface area contributed by atoms with Crippen molar-refractivity contribution in [3.8, 4) is 0 Å². The van der Waals surface area contributed by atoms with Crippen LogP contribution < -0.4 is 26.8 Å². The number of carbonyl (C=O) groups is 2. The number of H-pyrrole nitrogens is 1. The Hall–Kier alpha value is -3.85. The van der Waals surface area contributed by atoms with Gasteiger partial charge in [-0.25, -0.2) is 4.79 Å². The molecule has 3 aromatic rings. The van der Waals surface area contributed by atoms with Gasteiger partial charge in [-0.1, -0.05) is 54.1 Å². The van der Waals surface area contributed by atoms with Crippen molar-refractivity contribution in [1.82, 2.24) is 9.55 Å². The number of amides is 2. The molecule has 10 heteroatoms. The van der Waals surface area contributed by atoms with Gasteiger partial charge in [0.25, 0.3) is 5.56 Å². The fourth-order valence-corrected chi connectivity index (χ4v) is 4.42. The summed E-state index contributed by atoms with van der Waals surface area (Å²) >= 11 is 6.24. The molecule has 0 spiro atoms.